The molecule has 0 aromatic heterocycles. The van der Waals surface area contributed by atoms with Gasteiger partial charge in [-0.15, -0.1) is 0 Å². The summed E-state index contributed by atoms with van der Waals surface area (Å²) in [6.07, 6.45) is 0.805. The minimum Gasteiger partial charge on any atom is -0.496 e. The van der Waals surface area contributed by atoms with Crippen LogP contribution >= 0.6 is 0 Å². The molecule has 3 rings (SSSR count). The number of aryl methyl sites for hydroxylation is 1. The molecule has 1 aromatic carbocycles. The number of allylic oxidation sites excluding steroid dienone is 1. The Kier molecular flexibility index (Phi) is 4.82. The first-order chi connectivity index (χ1) is 11.9. The first-order valence-corrected chi connectivity index (χ1v) is 8.41. The normalized spacial score (nSPS) is 26.3. The minimum atomic E-state index is -3.10. The van der Waals surface area contributed by atoms with Crippen LogP contribution < -0.4 is 4.74 Å². The molecule has 0 spiro atoms. The molecule has 136 valence electrons. The van der Waals surface area contributed by atoms with E-state index in [1.165, 1.54) is 5.56 Å². The van der Waals surface area contributed by atoms with Crippen LogP contribution in [0.4, 0.5) is 8.78 Å². The number of carbonyl (C=O) groups excluding carboxylic acids is 1. The molecule has 0 bridgehead atoms. The van der Waals surface area contributed by atoms with Crippen LogP contribution in [0.5, 0.6) is 5.75 Å². The Morgan fingerprint density at radius 2 is 2.16 bits per heavy atom. The third-order valence-corrected chi connectivity index (χ3v) is 5.55. The van der Waals surface area contributed by atoms with Crippen molar-refractivity contribution in [3.8, 4) is 5.75 Å². The number of halogens is 2. The highest BCUT2D eigenvalue weighted by Gasteiger charge is 2.49. The van der Waals surface area contributed by atoms with E-state index in [0.29, 0.717) is 18.6 Å². The Morgan fingerprint density at radius 3 is 2.80 bits per heavy atom. The van der Waals surface area contributed by atoms with E-state index in [2.05, 4.69) is 17.0 Å². The van der Waals surface area contributed by atoms with Crippen molar-refractivity contribution < 1.29 is 23.0 Å². The molecule has 0 N–H and O–H groups in total. The molecule has 2 aliphatic rings. The second-order valence-electron chi connectivity index (χ2n) is 6.89. The molecule has 4 nitrogen and oxygen atoms in total. The molecule has 2 unspecified atom stereocenters. The molecular weight excluding hydrogens is 328 g/mol. The molecule has 0 radical (unpaired) electrons. The lowest BCUT2D eigenvalue weighted by atomic mass is 9.68. The Morgan fingerprint density at radius 1 is 1.40 bits per heavy atom. The van der Waals surface area contributed by atoms with Gasteiger partial charge in [-0.05, 0) is 56.6 Å². The number of hydrogen-bond donors (Lipinski definition) is 0. The molecule has 0 amide bonds. The van der Waals surface area contributed by atoms with E-state index in [9.17, 15) is 13.6 Å². The lowest BCUT2D eigenvalue weighted by molar-refractivity contribution is -0.152. The summed E-state index contributed by atoms with van der Waals surface area (Å²) in [5.41, 5.74) is 2.20. The van der Waals surface area contributed by atoms with Crippen molar-refractivity contribution in [2.75, 3.05) is 20.7 Å². The van der Waals surface area contributed by atoms with Crippen LogP contribution in [-0.4, -0.2) is 44.0 Å². The zero-order valence-electron chi connectivity index (χ0n) is 14.7. The lowest BCUT2D eigenvalue weighted by Gasteiger charge is -2.40. The number of ether oxygens (including phenoxy) is 2. The maximum Gasteiger partial charge on any atom is 0.378 e. The predicted octanol–water partition coefficient (Wildman–Crippen LogP) is 3.43. The largest absolute Gasteiger partial charge is 0.496 e. The molecule has 1 aliphatic heterocycles. The van der Waals surface area contributed by atoms with Crippen molar-refractivity contribution in [3.63, 3.8) is 0 Å². The number of alkyl halides is 2. The number of benzene rings is 1. The van der Waals surface area contributed by atoms with Gasteiger partial charge in [0.15, 0.2) is 0 Å². The molecule has 25 heavy (non-hydrogen) atoms. The van der Waals surface area contributed by atoms with Crippen LogP contribution in [0.3, 0.4) is 0 Å². The molecule has 6 heteroatoms. The molecule has 1 heterocycles. The summed E-state index contributed by atoms with van der Waals surface area (Å²) in [5.74, 6) is -0.273. The van der Waals surface area contributed by atoms with Crippen LogP contribution in [0.25, 0.3) is 0 Å². The second-order valence-corrected chi connectivity index (χ2v) is 6.89. The molecular formula is C19H23F2NO3. The van der Waals surface area contributed by atoms with Gasteiger partial charge in [-0.1, -0.05) is 12.1 Å². The highest BCUT2D eigenvalue weighted by molar-refractivity contribution is 5.74. The Balaban J connectivity index is 1.91. The summed E-state index contributed by atoms with van der Waals surface area (Å²) in [5, 5.41) is 0. The first-order valence-electron chi connectivity index (χ1n) is 8.41. The van der Waals surface area contributed by atoms with Gasteiger partial charge in [0.2, 0.25) is 0 Å². The number of likely N-dealkylation sites (tertiary alicyclic amines) is 1. The summed E-state index contributed by atoms with van der Waals surface area (Å²) >= 11 is 0. The van der Waals surface area contributed by atoms with E-state index in [4.69, 9.17) is 9.47 Å². The van der Waals surface area contributed by atoms with Gasteiger partial charge in [0.05, 0.1) is 7.11 Å². The van der Waals surface area contributed by atoms with Crippen molar-refractivity contribution in [3.05, 3.63) is 41.2 Å². The maximum atomic E-state index is 12.5. The van der Waals surface area contributed by atoms with E-state index in [0.717, 1.165) is 24.3 Å². The monoisotopic (exact) mass is 351 g/mol. The predicted molar refractivity (Wildman–Crippen MR) is 89.9 cm³/mol. The lowest BCUT2D eigenvalue weighted by Crippen LogP contribution is -2.43. The number of rotatable bonds is 4. The second kappa shape index (κ2) is 6.75. The Bertz CT molecular complexity index is 704. The van der Waals surface area contributed by atoms with E-state index < -0.39 is 12.4 Å². The van der Waals surface area contributed by atoms with Crippen molar-refractivity contribution in [2.24, 2.45) is 0 Å². The number of nitrogens with zero attached hydrogens (tertiary/aromatic N) is 1. The highest BCUT2D eigenvalue weighted by atomic mass is 19.3. The quantitative estimate of drug-likeness (QED) is 0.779. The van der Waals surface area contributed by atoms with Crippen LogP contribution in [0.1, 0.15) is 30.4 Å². The smallest absolute Gasteiger partial charge is 0.378 e. The molecule has 1 saturated heterocycles. The van der Waals surface area contributed by atoms with Crippen LogP contribution in [0.2, 0.25) is 0 Å². The van der Waals surface area contributed by atoms with Gasteiger partial charge >= 0.3 is 12.4 Å². The number of carbonyl (C=O) groups is 1. The third kappa shape index (κ3) is 3.15. The van der Waals surface area contributed by atoms with Gasteiger partial charge in [0, 0.05) is 17.9 Å². The highest BCUT2D eigenvalue weighted by Crippen LogP contribution is 2.48. The zero-order chi connectivity index (χ0) is 18.2. The third-order valence-electron chi connectivity index (χ3n) is 5.55. The standard InChI is InChI=1S/C19H23F2NO3/c1-12-10-13(4-5-15(12)24-3)19-7-6-14(25-18(23)17(20)21)11-16(19)22(2)9-8-19/h4-6,10,16-17H,7-9,11H2,1-3H3. The minimum absolute atomic E-state index is 0.0908. The van der Waals surface area contributed by atoms with E-state index in [1.807, 2.05) is 20.0 Å². The van der Waals surface area contributed by atoms with Gasteiger partial charge in [-0.25, -0.2) is 4.79 Å². The first kappa shape index (κ1) is 17.9. The molecule has 2 atom stereocenters. The maximum absolute atomic E-state index is 12.5. The average molecular weight is 351 g/mol. The average Bonchev–Trinajstić information content (AvgIpc) is 2.92. The van der Waals surface area contributed by atoms with Crippen LogP contribution in [-0.2, 0) is 14.9 Å². The number of methoxy groups -OCH3 is 1. The summed E-state index contributed by atoms with van der Waals surface area (Å²) in [4.78, 5) is 13.4. The van der Waals surface area contributed by atoms with Crippen LogP contribution in [0.15, 0.2) is 30.0 Å². The molecule has 1 aromatic rings. The fourth-order valence-corrected chi connectivity index (χ4v) is 4.18. The Labute approximate surface area is 146 Å². The fourth-order valence-electron chi connectivity index (χ4n) is 4.18. The van der Waals surface area contributed by atoms with E-state index in [-0.39, 0.29) is 11.5 Å². The van der Waals surface area contributed by atoms with Crippen LogP contribution in [0, 0.1) is 6.92 Å². The summed E-state index contributed by atoms with van der Waals surface area (Å²) in [6.45, 7) is 2.93. The Hall–Kier alpha value is -1.95. The fraction of sp³-hybridized carbons (Fsp3) is 0.526. The number of esters is 1. The van der Waals surface area contributed by atoms with Gasteiger partial charge < -0.3 is 14.4 Å². The van der Waals surface area contributed by atoms with Gasteiger partial charge in [0.1, 0.15) is 11.5 Å². The summed E-state index contributed by atoms with van der Waals surface area (Å²) < 4.78 is 35.1. The van der Waals surface area contributed by atoms with Crippen molar-refractivity contribution >= 4 is 5.97 Å². The molecule has 1 fully saturated rings. The number of fused-ring (bicyclic) bond motifs is 1. The number of hydrogen-bond acceptors (Lipinski definition) is 4. The van der Waals surface area contributed by atoms with Crippen molar-refractivity contribution in [2.45, 2.75) is 44.1 Å². The van der Waals surface area contributed by atoms with Gasteiger partial charge in [-0.3, -0.25) is 0 Å². The summed E-state index contributed by atoms with van der Waals surface area (Å²) in [7, 11) is 3.68. The van der Waals surface area contributed by atoms with Crippen molar-refractivity contribution in [1.29, 1.82) is 0 Å². The van der Waals surface area contributed by atoms with E-state index >= 15 is 0 Å². The molecule has 0 saturated carbocycles. The summed E-state index contributed by atoms with van der Waals surface area (Å²) in [6, 6.07) is 6.33. The molecule has 1 aliphatic carbocycles. The zero-order valence-corrected chi connectivity index (χ0v) is 14.7. The topological polar surface area (TPSA) is 38.8 Å². The van der Waals surface area contributed by atoms with Gasteiger partial charge in [-0.2, -0.15) is 8.78 Å². The SMILES string of the molecule is COc1ccc(C23CC=C(OC(=O)C(F)F)CC2N(C)CC3)cc1C. The number of likely N-dealkylation sites (N-methyl/N-ethyl adjacent to an activating group) is 1. The van der Waals surface area contributed by atoms with E-state index in [1.54, 1.807) is 13.2 Å². The van der Waals surface area contributed by atoms with Crippen molar-refractivity contribution in [1.82, 2.24) is 4.90 Å². The van der Waals surface area contributed by atoms with Gasteiger partial charge in [0.25, 0.3) is 0 Å².